The van der Waals surface area contributed by atoms with E-state index in [1.54, 1.807) is 12.4 Å². The van der Waals surface area contributed by atoms with Crippen LogP contribution in [0.2, 0.25) is 0 Å². The van der Waals surface area contributed by atoms with E-state index in [2.05, 4.69) is 27.3 Å². The van der Waals surface area contributed by atoms with Gasteiger partial charge in [0, 0.05) is 18.8 Å². The Morgan fingerprint density at radius 3 is 2.81 bits per heavy atom. The van der Waals surface area contributed by atoms with Crippen molar-refractivity contribution in [1.82, 2.24) is 19.6 Å². The number of nitrogens with zero attached hydrogens (tertiary/aromatic N) is 4. The molecule has 0 aliphatic carbocycles. The lowest BCUT2D eigenvalue weighted by atomic mass is 10.1. The van der Waals surface area contributed by atoms with Crippen LogP contribution >= 0.6 is 0 Å². The Morgan fingerprint density at radius 2 is 1.94 bits per heavy atom. The average molecular weight is 210 g/mol. The molecule has 0 aliphatic heterocycles. The van der Waals surface area contributed by atoms with Gasteiger partial charge in [-0.15, -0.1) is 10.2 Å². The molecule has 2 heterocycles. The summed E-state index contributed by atoms with van der Waals surface area (Å²) in [6.07, 6.45) is 6.12. The number of benzene rings is 1. The Labute approximate surface area is 92.6 Å². The van der Waals surface area contributed by atoms with Crippen LogP contribution in [0.15, 0.2) is 48.9 Å². The van der Waals surface area contributed by atoms with Gasteiger partial charge in [-0.2, -0.15) is 0 Å². The highest BCUT2D eigenvalue weighted by Gasteiger charge is 2.04. The van der Waals surface area contributed by atoms with E-state index < -0.39 is 0 Å². The van der Waals surface area contributed by atoms with Crippen molar-refractivity contribution in [2.24, 2.45) is 0 Å². The SMILES string of the molecule is c1ccc(Cc2nnc3cnccn23)cc1. The highest BCUT2D eigenvalue weighted by Crippen LogP contribution is 2.08. The van der Waals surface area contributed by atoms with Crippen LogP contribution in [0.4, 0.5) is 0 Å². The number of hydrogen-bond acceptors (Lipinski definition) is 3. The Morgan fingerprint density at radius 1 is 1.06 bits per heavy atom. The number of hydrogen-bond donors (Lipinski definition) is 0. The van der Waals surface area contributed by atoms with E-state index in [0.717, 1.165) is 17.9 Å². The van der Waals surface area contributed by atoms with Gasteiger partial charge in [-0.1, -0.05) is 30.3 Å². The van der Waals surface area contributed by atoms with Crippen molar-refractivity contribution < 1.29 is 0 Å². The minimum absolute atomic E-state index is 0.784. The topological polar surface area (TPSA) is 43.1 Å². The molecule has 0 atom stereocenters. The molecule has 0 aliphatic rings. The number of aromatic nitrogens is 4. The zero-order valence-corrected chi connectivity index (χ0v) is 8.61. The molecule has 0 bridgehead atoms. The molecule has 0 spiro atoms. The average Bonchev–Trinajstić information content (AvgIpc) is 2.74. The predicted molar refractivity (Wildman–Crippen MR) is 60.0 cm³/mol. The highest BCUT2D eigenvalue weighted by molar-refractivity contribution is 5.34. The van der Waals surface area contributed by atoms with Gasteiger partial charge in [0.25, 0.3) is 0 Å². The zero-order valence-electron chi connectivity index (χ0n) is 8.61. The molecule has 16 heavy (non-hydrogen) atoms. The van der Waals surface area contributed by atoms with E-state index in [1.165, 1.54) is 5.56 Å². The second kappa shape index (κ2) is 3.73. The van der Waals surface area contributed by atoms with Crippen molar-refractivity contribution in [2.75, 3.05) is 0 Å². The monoisotopic (exact) mass is 210 g/mol. The van der Waals surface area contributed by atoms with Gasteiger partial charge < -0.3 is 0 Å². The molecule has 0 radical (unpaired) electrons. The van der Waals surface area contributed by atoms with Gasteiger partial charge >= 0.3 is 0 Å². The fourth-order valence-corrected chi connectivity index (χ4v) is 1.70. The van der Waals surface area contributed by atoms with E-state index in [-0.39, 0.29) is 0 Å². The fourth-order valence-electron chi connectivity index (χ4n) is 1.70. The van der Waals surface area contributed by atoms with Crippen LogP contribution in [-0.2, 0) is 6.42 Å². The molecule has 78 valence electrons. The minimum atomic E-state index is 0.784. The van der Waals surface area contributed by atoms with Crippen LogP contribution in [-0.4, -0.2) is 19.6 Å². The standard InChI is InChI=1S/C12H10N4/c1-2-4-10(5-3-1)8-11-14-15-12-9-13-6-7-16(11)12/h1-7,9H,8H2. The summed E-state index contributed by atoms with van der Waals surface area (Å²) in [6.45, 7) is 0. The Kier molecular flexibility index (Phi) is 2.11. The molecule has 3 rings (SSSR count). The van der Waals surface area contributed by atoms with Crippen LogP contribution in [0, 0.1) is 0 Å². The first-order valence-corrected chi connectivity index (χ1v) is 5.11. The van der Waals surface area contributed by atoms with Crippen molar-refractivity contribution in [3.05, 3.63) is 60.3 Å². The second-order valence-corrected chi connectivity index (χ2v) is 3.58. The summed E-state index contributed by atoms with van der Waals surface area (Å²) in [6, 6.07) is 10.2. The highest BCUT2D eigenvalue weighted by atomic mass is 15.2. The molecule has 1 aromatic carbocycles. The molecule has 0 unspecified atom stereocenters. The second-order valence-electron chi connectivity index (χ2n) is 3.58. The lowest BCUT2D eigenvalue weighted by Crippen LogP contribution is -1.96. The first-order chi connectivity index (χ1) is 7.93. The predicted octanol–water partition coefficient (Wildman–Crippen LogP) is 1.72. The summed E-state index contributed by atoms with van der Waals surface area (Å²) < 4.78 is 1.96. The van der Waals surface area contributed by atoms with Crippen LogP contribution in [0.3, 0.4) is 0 Å². The maximum absolute atomic E-state index is 4.16. The molecule has 0 fully saturated rings. The number of fused-ring (bicyclic) bond motifs is 1. The number of rotatable bonds is 2. The third kappa shape index (κ3) is 1.54. The zero-order chi connectivity index (χ0) is 10.8. The summed E-state index contributed by atoms with van der Waals surface area (Å²) in [4.78, 5) is 4.01. The van der Waals surface area contributed by atoms with Gasteiger partial charge in [0.05, 0.1) is 6.20 Å². The summed E-state index contributed by atoms with van der Waals surface area (Å²) >= 11 is 0. The molecule has 0 amide bonds. The van der Waals surface area contributed by atoms with E-state index in [4.69, 9.17) is 0 Å². The molecular formula is C12H10N4. The Balaban J connectivity index is 2.01. The summed E-state index contributed by atoms with van der Waals surface area (Å²) in [7, 11) is 0. The molecule has 0 saturated carbocycles. The molecule has 2 aromatic heterocycles. The van der Waals surface area contributed by atoms with Crippen molar-refractivity contribution in [1.29, 1.82) is 0 Å². The van der Waals surface area contributed by atoms with Crippen molar-refractivity contribution >= 4 is 5.65 Å². The first-order valence-electron chi connectivity index (χ1n) is 5.11. The molecule has 4 nitrogen and oxygen atoms in total. The van der Waals surface area contributed by atoms with E-state index in [1.807, 2.05) is 28.8 Å². The normalized spacial score (nSPS) is 10.8. The molecule has 4 heteroatoms. The van der Waals surface area contributed by atoms with Crippen LogP contribution in [0.25, 0.3) is 5.65 Å². The van der Waals surface area contributed by atoms with Gasteiger partial charge in [-0.25, -0.2) is 0 Å². The van der Waals surface area contributed by atoms with Gasteiger partial charge in [0.1, 0.15) is 5.82 Å². The van der Waals surface area contributed by atoms with E-state index >= 15 is 0 Å². The largest absolute Gasteiger partial charge is 0.283 e. The maximum atomic E-state index is 4.16. The van der Waals surface area contributed by atoms with Crippen LogP contribution in [0.5, 0.6) is 0 Å². The van der Waals surface area contributed by atoms with Crippen molar-refractivity contribution in [2.45, 2.75) is 6.42 Å². The molecule has 0 N–H and O–H groups in total. The quantitative estimate of drug-likeness (QED) is 0.646. The fraction of sp³-hybridized carbons (Fsp3) is 0.0833. The molecular weight excluding hydrogens is 200 g/mol. The lowest BCUT2D eigenvalue weighted by Gasteiger charge is -1.99. The third-order valence-corrected chi connectivity index (χ3v) is 2.49. The van der Waals surface area contributed by atoms with Crippen molar-refractivity contribution in [3.8, 4) is 0 Å². The smallest absolute Gasteiger partial charge is 0.179 e. The van der Waals surface area contributed by atoms with Crippen molar-refractivity contribution in [3.63, 3.8) is 0 Å². The first kappa shape index (κ1) is 9.03. The molecule has 0 saturated heterocycles. The Bertz CT molecular complexity index is 600. The van der Waals surface area contributed by atoms with E-state index in [9.17, 15) is 0 Å². The van der Waals surface area contributed by atoms with Gasteiger partial charge in [-0.05, 0) is 5.56 Å². The van der Waals surface area contributed by atoms with Crippen LogP contribution < -0.4 is 0 Å². The third-order valence-electron chi connectivity index (χ3n) is 2.49. The lowest BCUT2D eigenvalue weighted by molar-refractivity contribution is 0.931. The Hall–Kier alpha value is -2.23. The summed E-state index contributed by atoms with van der Waals surface area (Å²) in [5, 5.41) is 8.23. The minimum Gasteiger partial charge on any atom is -0.283 e. The van der Waals surface area contributed by atoms with Gasteiger partial charge in [0.2, 0.25) is 0 Å². The summed E-state index contributed by atoms with van der Waals surface area (Å²) in [5.74, 6) is 0.934. The van der Waals surface area contributed by atoms with E-state index in [0.29, 0.717) is 0 Å². The maximum Gasteiger partial charge on any atom is 0.179 e. The van der Waals surface area contributed by atoms with Gasteiger partial charge in [-0.3, -0.25) is 9.38 Å². The molecule has 3 aromatic rings. The summed E-state index contributed by atoms with van der Waals surface area (Å²) in [5.41, 5.74) is 2.02. The van der Waals surface area contributed by atoms with Gasteiger partial charge in [0.15, 0.2) is 5.65 Å². The van der Waals surface area contributed by atoms with Crippen LogP contribution in [0.1, 0.15) is 11.4 Å².